The van der Waals surface area contributed by atoms with Crippen LogP contribution in [0.5, 0.6) is 0 Å². The summed E-state index contributed by atoms with van der Waals surface area (Å²) in [5.74, 6) is 2.27. The minimum absolute atomic E-state index is 0.246. The van der Waals surface area contributed by atoms with Gasteiger partial charge in [0.15, 0.2) is 0 Å². The van der Waals surface area contributed by atoms with Crippen molar-refractivity contribution < 1.29 is 4.79 Å². The van der Waals surface area contributed by atoms with Crippen molar-refractivity contribution in [3.05, 3.63) is 34.9 Å². The van der Waals surface area contributed by atoms with E-state index in [0.717, 1.165) is 62.4 Å². The third-order valence-corrected chi connectivity index (χ3v) is 6.76. The summed E-state index contributed by atoms with van der Waals surface area (Å²) in [5.41, 5.74) is 1.26. The average Bonchev–Trinajstić information content (AvgIpc) is 3.06. The predicted molar refractivity (Wildman–Crippen MR) is 101 cm³/mol. The molecule has 2 aliphatic heterocycles. The molecule has 1 aromatic carbocycles. The first-order valence-corrected chi connectivity index (χ1v) is 10.3. The smallest absolute Gasteiger partial charge is 0.225 e. The van der Waals surface area contributed by atoms with E-state index < -0.39 is 0 Å². The Morgan fingerprint density at radius 3 is 2.36 bits per heavy atom. The molecule has 0 N–H and O–H groups in total. The van der Waals surface area contributed by atoms with Gasteiger partial charge in [0.05, 0.1) is 0 Å². The Bertz CT molecular complexity index is 598. The normalized spacial score (nSPS) is 28.1. The van der Waals surface area contributed by atoms with E-state index >= 15 is 0 Å². The van der Waals surface area contributed by atoms with E-state index in [9.17, 15) is 4.79 Å². The lowest BCUT2D eigenvalue weighted by atomic mass is 9.82. The molecule has 0 bridgehead atoms. The van der Waals surface area contributed by atoms with Crippen molar-refractivity contribution in [3.8, 4) is 0 Å². The molecule has 1 aromatic rings. The second kappa shape index (κ2) is 7.67. The Morgan fingerprint density at radius 1 is 1.04 bits per heavy atom. The standard InChI is InChI=1S/C21H29ClN2O/c22-20-7-3-4-16(12-20)13-23-10-8-17(9-11-23)21(25)24-14-18-5-1-2-6-19(18)15-24/h3-4,7,12,17-19H,1-2,5-6,8-11,13-15H2. The first-order chi connectivity index (χ1) is 12.2. The highest BCUT2D eigenvalue weighted by molar-refractivity contribution is 6.30. The van der Waals surface area contributed by atoms with Crippen LogP contribution in [0.25, 0.3) is 0 Å². The van der Waals surface area contributed by atoms with Gasteiger partial charge in [0, 0.05) is 30.6 Å². The largest absolute Gasteiger partial charge is 0.342 e. The number of benzene rings is 1. The summed E-state index contributed by atoms with van der Waals surface area (Å²) in [5, 5.41) is 0.804. The van der Waals surface area contributed by atoms with Crippen molar-refractivity contribution in [1.29, 1.82) is 0 Å². The maximum absolute atomic E-state index is 12.9. The fraction of sp³-hybridized carbons (Fsp3) is 0.667. The van der Waals surface area contributed by atoms with Crippen LogP contribution in [0.3, 0.4) is 0 Å². The molecule has 3 aliphatic rings. The number of piperidine rings is 1. The zero-order valence-corrected chi connectivity index (χ0v) is 15.8. The second-order valence-corrected chi connectivity index (χ2v) is 8.66. The third kappa shape index (κ3) is 4.03. The molecule has 2 heterocycles. The van der Waals surface area contributed by atoms with Gasteiger partial charge in [0.2, 0.25) is 5.91 Å². The topological polar surface area (TPSA) is 23.6 Å². The van der Waals surface area contributed by atoms with Gasteiger partial charge in [0.25, 0.3) is 0 Å². The molecule has 0 radical (unpaired) electrons. The van der Waals surface area contributed by atoms with Crippen LogP contribution in [-0.4, -0.2) is 41.9 Å². The molecule has 3 nitrogen and oxygen atoms in total. The molecule has 25 heavy (non-hydrogen) atoms. The van der Waals surface area contributed by atoms with Gasteiger partial charge in [0.1, 0.15) is 0 Å². The molecule has 0 aromatic heterocycles. The Kier molecular flexibility index (Phi) is 5.33. The van der Waals surface area contributed by atoms with Gasteiger partial charge in [-0.15, -0.1) is 0 Å². The highest BCUT2D eigenvalue weighted by atomic mass is 35.5. The Hall–Kier alpha value is -1.06. The fourth-order valence-electron chi connectivity index (χ4n) is 5.08. The summed E-state index contributed by atoms with van der Waals surface area (Å²) in [6.07, 6.45) is 7.42. The monoisotopic (exact) mass is 360 g/mol. The summed E-state index contributed by atoms with van der Waals surface area (Å²) in [6.45, 7) is 5.04. The second-order valence-electron chi connectivity index (χ2n) is 8.23. The lowest BCUT2D eigenvalue weighted by Gasteiger charge is -2.33. The van der Waals surface area contributed by atoms with Crippen molar-refractivity contribution in [2.45, 2.75) is 45.1 Å². The van der Waals surface area contributed by atoms with Crippen molar-refractivity contribution in [2.24, 2.45) is 17.8 Å². The van der Waals surface area contributed by atoms with Gasteiger partial charge in [-0.25, -0.2) is 0 Å². The number of rotatable bonds is 3. The SMILES string of the molecule is O=C(C1CCN(Cc2cccc(Cl)c2)CC1)N1CC2CCCCC2C1. The molecular formula is C21H29ClN2O. The molecule has 0 spiro atoms. The van der Waals surface area contributed by atoms with Crippen LogP contribution in [0.4, 0.5) is 0 Å². The fourth-order valence-corrected chi connectivity index (χ4v) is 5.29. The number of amides is 1. The Labute approximate surface area is 156 Å². The third-order valence-electron chi connectivity index (χ3n) is 6.52. The van der Waals surface area contributed by atoms with Crippen LogP contribution in [-0.2, 0) is 11.3 Å². The molecule has 1 amide bonds. The van der Waals surface area contributed by atoms with Crippen molar-refractivity contribution in [2.75, 3.05) is 26.2 Å². The summed E-state index contributed by atoms with van der Waals surface area (Å²) in [7, 11) is 0. The molecule has 2 saturated heterocycles. The lowest BCUT2D eigenvalue weighted by Crippen LogP contribution is -2.41. The zero-order valence-electron chi connectivity index (χ0n) is 15.0. The minimum Gasteiger partial charge on any atom is -0.342 e. The van der Waals surface area contributed by atoms with E-state index in [1.165, 1.54) is 31.2 Å². The maximum Gasteiger partial charge on any atom is 0.225 e. The van der Waals surface area contributed by atoms with Gasteiger partial charge < -0.3 is 4.90 Å². The van der Waals surface area contributed by atoms with Crippen molar-refractivity contribution in [3.63, 3.8) is 0 Å². The quantitative estimate of drug-likeness (QED) is 0.806. The number of likely N-dealkylation sites (tertiary alicyclic amines) is 2. The van der Waals surface area contributed by atoms with Crippen molar-refractivity contribution in [1.82, 2.24) is 9.80 Å². The molecular weight excluding hydrogens is 332 g/mol. The first-order valence-electron chi connectivity index (χ1n) is 9.94. The van der Waals surface area contributed by atoms with Crippen LogP contribution < -0.4 is 0 Å². The van der Waals surface area contributed by atoms with Gasteiger partial charge >= 0.3 is 0 Å². The van der Waals surface area contributed by atoms with Gasteiger partial charge in [-0.1, -0.05) is 36.6 Å². The van der Waals surface area contributed by atoms with E-state index in [-0.39, 0.29) is 5.92 Å². The van der Waals surface area contributed by atoms with Crippen LogP contribution in [0, 0.1) is 17.8 Å². The number of carbonyl (C=O) groups is 1. The number of fused-ring (bicyclic) bond motifs is 1. The zero-order chi connectivity index (χ0) is 17.2. The predicted octanol–water partition coefficient (Wildman–Crippen LogP) is 4.20. The highest BCUT2D eigenvalue weighted by Crippen LogP contribution is 2.37. The highest BCUT2D eigenvalue weighted by Gasteiger charge is 2.38. The van der Waals surface area contributed by atoms with Gasteiger partial charge in [-0.3, -0.25) is 9.69 Å². The number of hydrogen-bond donors (Lipinski definition) is 0. The summed E-state index contributed by atoms with van der Waals surface area (Å²) in [6, 6.07) is 8.12. The minimum atomic E-state index is 0.246. The Balaban J connectivity index is 1.27. The number of nitrogens with zero attached hydrogens (tertiary/aromatic N) is 2. The maximum atomic E-state index is 12.9. The molecule has 2 unspecified atom stereocenters. The molecule has 1 saturated carbocycles. The molecule has 1 aliphatic carbocycles. The summed E-state index contributed by atoms with van der Waals surface area (Å²) < 4.78 is 0. The molecule has 4 rings (SSSR count). The molecule has 3 fully saturated rings. The summed E-state index contributed by atoms with van der Waals surface area (Å²) >= 11 is 6.08. The number of carbonyl (C=O) groups excluding carboxylic acids is 1. The number of hydrogen-bond acceptors (Lipinski definition) is 2. The van der Waals surface area contributed by atoms with Crippen LogP contribution in [0.15, 0.2) is 24.3 Å². The van der Waals surface area contributed by atoms with Crippen molar-refractivity contribution >= 4 is 17.5 Å². The van der Waals surface area contributed by atoms with E-state index in [1.807, 2.05) is 18.2 Å². The van der Waals surface area contributed by atoms with E-state index in [2.05, 4.69) is 15.9 Å². The van der Waals surface area contributed by atoms with E-state index in [4.69, 9.17) is 11.6 Å². The molecule has 2 atom stereocenters. The van der Waals surface area contributed by atoms with Gasteiger partial charge in [-0.2, -0.15) is 0 Å². The van der Waals surface area contributed by atoms with Gasteiger partial charge in [-0.05, 0) is 68.3 Å². The lowest BCUT2D eigenvalue weighted by molar-refractivity contribution is -0.136. The van der Waals surface area contributed by atoms with E-state index in [1.54, 1.807) is 0 Å². The van der Waals surface area contributed by atoms with E-state index in [0.29, 0.717) is 5.91 Å². The Morgan fingerprint density at radius 2 is 1.72 bits per heavy atom. The van der Waals surface area contributed by atoms with Crippen LogP contribution in [0.2, 0.25) is 5.02 Å². The van der Waals surface area contributed by atoms with Crippen LogP contribution >= 0.6 is 11.6 Å². The molecule has 4 heteroatoms. The average molecular weight is 361 g/mol. The first kappa shape index (κ1) is 17.4. The van der Waals surface area contributed by atoms with Crippen LogP contribution in [0.1, 0.15) is 44.1 Å². The summed E-state index contributed by atoms with van der Waals surface area (Å²) in [4.78, 5) is 17.6. The molecule has 136 valence electrons. The number of halogens is 1.